The summed E-state index contributed by atoms with van der Waals surface area (Å²) in [6.45, 7) is 4.29. The Bertz CT molecular complexity index is 445. The number of ether oxygens (including phenoxy) is 2. The molecule has 2 rings (SSSR count). The molecule has 2 aliphatic heterocycles. The quantitative estimate of drug-likeness (QED) is 0.624. The Kier molecular flexibility index (Phi) is 6.60. The van der Waals surface area contributed by atoms with E-state index in [0.29, 0.717) is 25.6 Å². The Morgan fingerprint density at radius 2 is 2.23 bits per heavy atom. The molecule has 0 spiro atoms. The first-order valence-electron chi connectivity index (χ1n) is 7.99. The van der Waals surface area contributed by atoms with Crippen molar-refractivity contribution in [1.29, 1.82) is 0 Å². The van der Waals surface area contributed by atoms with E-state index in [1.165, 1.54) is 0 Å². The molecular weight excluding hydrogens is 308 g/mol. The molecule has 130 valence electrons. The molecule has 0 aromatic rings. The van der Waals surface area contributed by atoms with Gasteiger partial charge in [-0.25, -0.2) is 13.1 Å². The van der Waals surface area contributed by atoms with Crippen molar-refractivity contribution in [1.82, 2.24) is 9.62 Å². The summed E-state index contributed by atoms with van der Waals surface area (Å²) in [5, 5.41) is 10.3. The van der Waals surface area contributed by atoms with Gasteiger partial charge in [-0.05, 0) is 25.8 Å². The van der Waals surface area contributed by atoms with Crippen LogP contribution in [0.25, 0.3) is 0 Å². The normalized spacial score (nSPS) is 33.6. The predicted molar refractivity (Wildman–Crippen MR) is 83.2 cm³/mol. The number of hydrogen-bond acceptors (Lipinski definition) is 6. The molecule has 0 aromatic heterocycles. The molecule has 2 saturated heterocycles. The molecule has 0 aliphatic carbocycles. The van der Waals surface area contributed by atoms with E-state index in [2.05, 4.69) is 9.62 Å². The van der Waals surface area contributed by atoms with Gasteiger partial charge in [-0.2, -0.15) is 0 Å². The van der Waals surface area contributed by atoms with Crippen LogP contribution in [0, 0.1) is 0 Å². The zero-order valence-corrected chi connectivity index (χ0v) is 14.2. The van der Waals surface area contributed by atoms with Crippen LogP contribution in [0.4, 0.5) is 0 Å². The van der Waals surface area contributed by atoms with Gasteiger partial charge in [0.2, 0.25) is 10.0 Å². The number of likely N-dealkylation sites (tertiary alicyclic amines) is 1. The number of aliphatic hydroxyl groups excluding tert-OH is 1. The monoisotopic (exact) mass is 336 g/mol. The minimum Gasteiger partial charge on any atom is -0.389 e. The van der Waals surface area contributed by atoms with Crippen LogP contribution < -0.4 is 4.72 Å². The van der Waals surface area contributed by atoms with E-state index < -0.39 is 22.2 Å². The number of nitrogens with zero attached hydrogens (tertiary/aromatic N) is 1. The predicted octanol–water partition coefficient (Wildman–Crippen LogP) is -0.445. The van der Waals surface area contributed by atoms with Crippen molar-refractivity contribution in [2.45, 2.75) is 50.5 Å². The maximum Gasteiger partial charge on any atom is 0.212 e. The first-order valence-corrected chi connectivity index (χ1v) is 9.64. The summed E-state index contributed by atoms with van der Waals surface area (Å²) < 4.78 is 37.0. The van der Waals surface area contributed by atoms with Crippen molar-refractivity contribution in [3.63, 3.8) is 0 Å². The highest BCUT2D eigenvalue weighted by Gasteiger charge is 2.40. The summed E-state index contributed by atoms with van der Waals surface area (Å²) in [6.07, 6.45) is 1.59. The summed E-state index contributed by atoms with van der Waals surface area (Å²) in [5.74, 6) is 0.0723. The molecule has 0 radical (unpaired) electrons. The Morgan fingerprint density at radius 3 is 2.91 bits per heavy atom. The van der Waals surface area contributed by atoms with Crippen molar-refractivity contribution in [3.8, 4) is 0 Å². The fourth-order valence-electron chi connectivity index (χ4n) is 3.25. The molecule has 7 nitrogen and oxygen atoms in total. The first kappa shape index (κ1) is 18.1. The van der Waals surface area contributed by atoms with Crippen LogP contribution in [0.1, 0.15) is 26.2 Å². The van der Waals surface area contributed by atoms with Gasteiger partial charge in [0.15, 0.2) is 0 Å². The molecule has 2 fully saturated rings. The summed E-state index contributed by atoms with van der Waals surface area (Å²) >= 11 is 0. The van der Waals surface area contributed by atoms with Crippen molar-refractivity contribution < 1.29 is 23.0 Å². The third-order valence-corrected chi connectivity index (χ3v) is 5.97. The molecule has 0 unspecified atom stereocenters. The van der Waals surface area contributed by atoms with E-state index in [-0.39, 0.29) is 18.5 Å². The van der Waals surface area contributed by atoms with Crippen molar-refractivity contribution in [2.75, 3.05) is 39.2 Å². The van der Waals surface area contributed by atoms with Crippen LogP contribution in [0.3, 0.4) is 0 Å². The lowest BCUT2D eigenvalue weighted by atomic mass is 10.1. The second-order valence-electron chi connectivity index (χ2n) is 6.15. The molecule has 0 aromatic carbocycles. The summed E-state index contributed by atoms with van der Waals surface area (Å²) in [4.78, 5) is 2.26. The average molecular weight is 336 g/mol. The van der Waals surface area contributed by atoms with Crippen LogP contribution in [0.15, 0.2) is 0 Å². The molecule has 22 heavy (non-hydrogen) atoms. The van der Waals surface area contributed by atoms with Gasteiger partial charge in [0.05, 0.1) is 37.2 Å². The molecule has 0 amide bonds. The number of methoxy groups -OCH3 is 1. The van der Waals surface area contributed by atoms with Gasteiger partial charge in [-0.3, -0.25) is 4.90 Å². The maximum atomic E-state index is 11.8. The van der Waals surface area contributed by atoms with Crippen molar-refractivity contribution in [3.05, 3.63) is 0 Å². The topological polar surface area (TPSA) is 88.1 Å². The Hall–Kier alpha value is -0.250. The zero-order valence-electron chi connectivity index (χ0n) is 13.4. The average Bonchev–Trinajstić information content (AvgIpc) is 3.01. The zero-order chi connectivity index (χ0) is 16.2. The minimum absolute atomic E-state index is 0.0723. The number of nitrogens with one attached hydrogen (secondary N) is 1. The van der Waals surface area contributed by atoms with Gasteiger partial charge in [0.25, 0.3) is 0 Å². The van der Waals surface area contributed by atoms with Crippen molar-refractivity contribution >= 4 is 10.0 Å². The maximum absolute atomic E-state index is 11.8. The highest BCUT2D eigenvalue weighted by Crippen LogP contribution is 2.22. The van der Waals surface area contributed by atoms with E-state index in [1.807, 2.05) is 6.92 Å². The molecule has 0 saturated carbocycles. The largest absolute Gasteiger partial charge is 0.389 e. The van der Waals surface area contributed by atoms with Gasteiger partial charge in [0.1, 0.15) is 0 Å². The fourth-order valence-corrected chi connectivity index (χ4v) is 4.58. The number of hydrogen-bond donors (Lipinski definition) is 2. The van der Waals surface area contributed by atoms with Gasteiger partial charge in [0, 0.05) is 19.7 Å². The molecule has 0 bridgehead atoms. The Labute approximate surface area is 133 Å². The van der Waals surface area contributed by atoms with Crippen LogP contribution in [0.5, 0.6) is 0 Å². The van der Waals surface area contributed by atoms with E-state index in [4.69, 9.17) is 9.47 Å². The van der Waals surface area contributed by atoms with Gasteiger partial charge in [-0.1, -0.05) is 6.92 Å². The molecule has 2 heterocycles. The fraction of sp³-hybridized carbons (Fsp3) is 1.00. The van der Waals surface area contributed by atoms with E-state index in [9.17, 15) is 13.5 Å². The van der Waals surface area contributed by atoms with Crippen molar-refractivity contribution in [2.24, 2.45) is 0 Å². The highest BCUT2D eigenvalue weighted by molar-refractivity contribution is 7.89. The SMILES string of the molecule is CCCS(=O)(=O)N[C@H]1CO[C@@H](CN2CCC[C@@H]2COC)[C@@H]1O. The first-order chi connectivity index (χ1) is 10.5. The van der Waals surface area contributed by atoms with Crippen LogP contribution in [0.2, 0.25) is 0 Å². The van der Waals surface area contributed by atoms with Crippen LogP contribution >= 0.6 is 0 Å². The van der Waals surface area contributed by atoms with E-state index in [1.54, 1.807) is 7.11 Å². The van der Waals surface area contributed by atoms with Gasteiger partial charge in [-0.15, -0.1) is 0 Å². The third kappa shape index (κ3) is 4.62. The smallest absolute Gasteiger partial charge is 0.212 e. The molecule has 8 heteroatoms. The summed E-state index contributed by atoms with van der Waals surface area (Å²) in [5.41, 5.74) is 0. The minimum atomic E-state index is -3.34. The molecular formula is C14H28N2O5S. The molecule has 4 atom stereocenters. The Morgan fingerprint density at radius 1 is 1.45 bits per heavy atom. The number of rotatable bonds is 8. The third-order valence-electron chi connectivity index (χ3n) is 4.36. The summed E-state index contributed by atoms with van der Waals surface area (Å²) in [6, 6.07) is -0.193. The van der Waals surface area contributed by atoms with Gasteiger partial charge >= 0.3 is 0 Å². The van der Waals surface area contributed by atoms with E-state index >= 15 is 0 Å². The standard InChI is InChI=1S/C14H28N2O5S/c1-3-7-22(18,19)15-12-10-21-13(14(12)17)8-16-6-4-5-11(16)9-20-2/h11-15,17H,3-10H2,1-2H3/t11-,12+,13+,14-/m1/s1. The van der Waals surface area contributed by atoms with Crippen LogP contribution in [-0.4, -0.2) is 81.9 Å². The second kappa shape index (κ2) is 8.03. The van der Waals surface area contributed by atoms with Crippen LogP contribution in [-0.2, 0) is 19.5 Å². The lowest BCUT2D eigenvalue weighted by Crippen LogP contribution is -2.48. The lowest BCUT2D eigenvalue weighted by molar-refractivity contribution is 0.00485. The molecule has 2 aliphatic rings. The molecule has 2 N–H and O–H groups in total. The summed E-state index contributed by atoms with van der Waals surface area (Å²) in [7, 11) is -1.65. The van der Waals surface area contributed by atoms with E-state index in [0.717, 1.165) is 19.4 Å². The Balaban J connectivity index is 1.87. The second-order valence-corrected chi connectivity index (χ2v) is 8.03. The highest BCUT2D eigenvalue weighted by atomic mass is 32.2. The number of aliphatic hydroxyl groups is 1. The number of sulfonamides is 1. The lowest BCUT2D eigenvalue weighted by Gasteiger charge is -2.28. The van der Waals surface area contributed by atoms with Gasteiger partial charge < -0.3 is 14.6 Å².